The summed E-state index contributed by atoms with van der Waals surface area (Å²) >= 11 is 1.59. The molecule has 6 heterocycles. The normalized spacial score (nSPS) is 17.8. The molecule has 5 N–H and O–H groups in total. The van der Waals surface area contributed by atoms with E-state index in [0.717, 1.165) is 79.0 Å². The van der Waals surface area contributed by atoms with Gasteiger partial charge in [-0.25, -0.2) is 4.98 Å². The van der Waals surface area contributed by atoms with Crippen molar-refractivity contribution in [1.82, 2.24) is 45.2 Å². The first-order chi connectivity index (χ1) is 32.9. The van der Waals surface area contributed by atoms with Crippen LogP contribution in [0.2, 0.25) is 0 Å². The molecular formula is C51H66N10O6S. The van der Waals surface area contributed by atoms with Crippen molar-refractivity contribution in [2.75, 3.05) is 38.5 Å². The Balaban J connectivity index is 0.704. The molecule has 2 fully saturated rings. The molecule has 16 nitrogen and oxygen atoms in total. The van der Waals surface area contributed by atoms with Crippen molar-refractivity contribution in [3.05, 3.63) is 83.2 Å². The number of nitrogens with zero attached hydrogens (tertiary/aromatic N) is 8. The number of piperidine rings is 1. The summed E-state index contributed by atoms with van der Waals surface area (Å²) in [6, 6.07) is 17.9. The second kappa shape index (κ2) is 22.5. The first-order valence-corrected chi connectivity index (χ1v) is 25.2. The summed E-state index contributed by atoms with van der Waals surface area (Å²) in [5, 5.41) is 41.6. The lowest BCUT2D eigenvalue weighted by molar-refractivity contribution is -0.141. The number of rotatable bonds is 21. The number of aromatic nitrogens is 6. The number of ether oxygens (including phenoxy) is 1. The number of thiazole rings is 1. The predicted molar refractivity (Wildman–Crippen MR) is 263 cm³/mol. The van der Waals surface area contributed by atoms with Gasteiger partial charge in [0.15, 0.2) is 17.1 Å². The predicted octanol–water partition coefficient (Wildman–Crippen LogP) is 8.62. The van der Waals surface area contributed by atoms with Gasteiger partial charge in [0, 0.05) is 37.7 Å². The van der Waals surface area contributed by atoms with Crippen LogP contribution in [0.4, 0.5) is 5.82 Å². The Morgan fingerprint density at radius 2 is 1.68 bits per heavy atom. The fourth-order valence-corrected chi connectivity index (χ4v) is 10.5. The van der Waals surface area contributed by atoms with Gasteiger partial charge in [-0.3, -0.25) is 14.3 Å². The first kappa shape index (κ1) is 48.5. The van der Waals surface area contributed by atoms with Crippen LogP contribution in [0.5, 0.6) is 11.6 Å². The van der Waals surface area contributed by atoms with E-state index in [0.29, 0.717) is 40.8 Å². The number of nitrogen functional groups attached to an aromatic ring is 1. The van der Waals surface area contributed by atoms with Crippen LogP contribution >= 0.6 is 11.3 Å². The van der Waals surface area contributed by atoms with Crippen LogP contribution in [0.15, 0.2) is 70.7 Å². The largest absolute Gasteiger partial charge is 0.507 e. The number of nitrogens with two attached hydrogens (primary N) is 1. The van der Waals surface area contributed by atoms with Crippen molar-refractivity contribution in [3.63, 3.8) is 0 Å². The van der Waals surface area contributed by atoms with Gasteiger partial charge in [-0.2, -0.15) is 5.10 Å². The Bertz CT molecular complexity index is 2600. The molecule has 2 aliphatic heterocycles. The number of carbonyl (C=O) groups excluding carboxylic acids is 2. The Morgan fingerprint density at radius 3 is 2.38 bits per heavy atom. The summed E-state index contributed by atoms with van der Waals surface area (Å²) < 4.78 is 13.6. The average molecular weight is 947 g/mol. The minimum absolute atomic E-state index is 0.0696. The molecule has 2 aromatic carbocycles. The van der Waals surface area contributed by atoms with Crippen molar-refractivity contribution >= 4 is 40.0 Å². The quantitative estimate of drug-likeness (QED) is 0.0499. The molecule has 0 saturated carbocycles. The number of anilines is 1. The lowest BCUT2D eigenvalue weighted by Gasteiger charge is -2.32. The summed E-state index contributed by atoms with van der Waals surface area (Å²) in [6.45, 7) is 11.5. The highest BCUT2D eigenvalue weighted by atomic mass is 32.1. The van der Waals surface area contributed by atoms with E-state index >= 15 is 0 Å². The molecule has 4 aromatic heterocycles. The number of aliphatic hydroxyl groups is 1. The van der Waals surface area contributed by atoms with Gasteiger partial charge in [-0.05, 0) is 86.5 Å². The van der Waals surface area contributed by atoms with E-state index in [1.807, 2.05) is 80.4 Å². The van der Waals surface area contributed by atoms with Gasteiger partial charge in [-0.15, -0.1) is 21.5 Å². The van der Waals surface area contributed by atoms with Crippen molar-refractivity contribution in [2.24, 2.45) is 5.92 Å². The third-order valence-corrected chi connectivity index (χ3v) is 14.5. The summed E-state index contributed by atoms with van der Waals surface area (Å²) in [7, 11) is 0. The summed E-state index contributed by atoms with van der Waals surface area (Å²) in [5.74, 6) is -0.139. The van der Waals surface area contributed by atoms with Crippen LogP contribution in [0.1, 0.15) is 126 Å². The van der Waals surface area contributed by atoms with E-state index < -0.39 is 18.1 Å². The van der Waals surface area contributed by atoms with Gasteiger partial charge < -0.3 is 40.3 Å². The molecule has 2 saturated heterocycles. The second-order valence-corrected chi connectivity index (χ2v) is 19.7. The number of unbranched alkanes of at least 4 members (excludes halogenated alkanes) is 7. The van der Waals surface area contributed by atoms with Gasteiger partial charge in [0.25, 0.3) is 5.88 Å². The number of para-hydroxylation sites is 1. The molecule has 2 unspecified atom stereocenters. The Hall–Kier alpha value is -5.91. The zero-order valence-electron chi connectivity index (χ0n) is 39.7. The third-order valence-electron chi connectivity index (χ3n) is 13.6. The number of amides is 2. The fourth-order valence-electron chi connectivity index (χ4n) is 9.72. The first-order valence-electron chi connectivity index (χ1n) is 24.4. The Morgan fingerprint density at radius 1 is 0.956 bits per heavy atom. The average Bonchev–Trinajstić information content (AvgIpc) is 4.15. The number of benzene rings is 2. The van der Waals surface area contributed by atoms with Crippen LogP contribution in [0, 0.1) is 12.8 Å². The van der Waals surface area contributed by atoms with E-state index in [2.05, 4.69) is 35.7 Å². The number of carbonyl (C=O) groups is 2. The summed E-state index contributed by atoms with van der Waals surface area (Å²) in [4.78, 5) is 37.3. The maximum Gasteiger partial charge on any atom is 0.254 e. The van der Waals surface area contributed by atoms with E-state index in [1.54, 1.807) is 29.5 Å². The number of fused-ring (bicyclic) bond motifs is 1. The minimum atomic E-state index is -0.809. The van der Waals surface area contributed by atoms with Crippen LogP contribution < -0.4 is 15.8 Å². The number of aryl methyl sites for hydroxylation is 1. The van der Waals surface area contributed by atoms with Crippen molar-refractivity contribution < 1.29 is 29.1 Å². The smallest absolute Gasteiger partial charge is 0.254 e. The maximum absolute atomic E-state index is 14.1. The molecule has 0 spiro atoms. The van der Waals surface area contributed by atoms with E-state index in [-0.39, 0.29) is 48.5 Å². The highest BCUT2D eigenvalue weighted by molar-refractivity contribution is 7.13. The molecule has 4 atom stereocenters. The number of hydrogen-bond acceptors (Lipinski definition) is 14. The lowest BCUT2D eigenvalue weighted by atomic mass is 9.91. The minimum Gasteiger partial charge on any atom is -0.507 e. The number of β-amino-alcohol motifs (C(OH)–C–C–N with tert-alkyl or cyclic N) is 1. The Labute approximate surface area is 402 Å². The summed E-state index contributed by atoms with van der Waals surface area (Å²) in [5.41, 5.74) is 13.8. The van der Waals surface area contributed by atoms with Crippen molar-refractivity contribution in [3.8, 4) is 33.3 Å². The van der Waals surface area contributed by atoms with Gasteiger partial charge in [-0.1, -0.05) is 88.8 Å². The van der Waals surface area contributed by atoms with Gasteiger partial charge >= 0.3 is 0 Å². The van der Waals surface area contributed by atoms with Crippen molar-refractivity contribution in [1.29, 1.82) is 0 Å². The number of phenolic OH excluding ortho intramolecular Hbond substituents is 1. The van der Waals surface area contributed by atoms with Gasteiger partial charge in [0.1, 0.15) is 17.7 Å². The number of nitrogens with one attached hydrogen (secondary N) is 1. The molecule has 6 aromatic rings. The Kier molecular flexibility index (Phi) is 16.0. The molecule has 8 rings (SSSR count). The molecule has 68 heavy (non-hydrogen) atoms. The zero-order valence-corrected chi connectivity index (χ0v) is 40.5. The fraction of sp³-hybridized carbons (Fsp3) is 0.510. The molecule has 362 valence electrons. The van der Waals surface area contributed by atoms with Crippen molar-refractivity contribution in [2.45, 2.75) is 128 Å². The number of hydrogen-bond donors (Lipinski definition) is 4. The molecule has 0 bridgehead atoms. The van der Waals surface area contributed by atoms with Gasteiger partial charge in [0.2, 0.25) is 11.8 Å². The van der Waals surface area contributed by atoms with Crippen LogP contribution in [-0.2, 0) is 9.59 Å². The molecule has 0 aliphatic carbocycles. The van der Waals surface area contributed by atoms with Crippen LogP contribution in [0.3, 0.4) is 0 Å². The maximum atomic E-state index is 14.1. The van der Waals surface area contributed by atoms with Crippen LogP contribution in [-0.4, -0.2) is 107 Å². The standard InChI is InChI=1S/C51H66N10O6S/c1-32(2)46(51(65)60-30-38(62)27-42(60)50(64)54-33(3)35-17-19-36(20-18-35)48-34(4)53-31-68-48)44-29-45(58-67-44)66-26-14-10-8-6-5-7-9-13-23-59-24-21-37(22-25-59)61-41-28-40(39-15-11-12-16-43(39)63)55-56-47(41)49(52)57-61/h11-12,15-20,28-29,31-33,37-38,42,46,62-63H,5-10,13-14,21-27,30H2,1-4H3,(H2,52,57)(H,54,64)/t33?,38-,42+,46?/m1/s1. The van der Waals surface area contributed by atoms with E-state index in [1.165, 1.54) is 37.0 Å². The summed E-state index contributed by atoms with van der Waals surface area (Å²) in [6.07, 6.45) is 10.5. The molecule has 0 radical (unpaired) electrons. The molecule has 17 heteroatoms. The SMILES string of the molecule is Cc1ncsc1-c1ccc(C(C)NC(=O)[C@@H]2C[C@@H](O)CN2C(=O)C(c2cc(OCCCCCCCCCCN3CCC(n4nc(N)c5nnc(-c6ccccc6O)cc54)CC3)no2)C(C)C)cc1. The van der Waals surface area contributed by atoms with Gasteiger partial charge in [0.05, 0.1) is 52.1 Å². The highest BCUT2D eigenvalue weighted by Crippen LogP contribution is 2.35. The molecular weight excluding hydrogens is 881 g/mol. The second-order valence-electron chi connectivity index (χ2n) is 18.9. The number of aliphatic hydroxyl groups excluding tert-OH is 1. The number of aromatic hydroxyl groups is 1. The van der Waals surface area contributed by atoms with E-state index in [9.17, 15) is 19.8 Å². The number of likely N-dealkylation sites (tertiary alicyclic amines) is 2. The molecule has 2 amide bonds. The topological polar surface area (TPSA) is 211 Å². The zero-order chi connectivity index (χ0) is 47.7. The third kappa shape index (κ3) is 11.5. The van der Waals surface area contributed by atoms with E-state index in [4.69, 9.17) is 15.0 Å². The number of phenols is 1. The highest BCUT2D eigenvalue weighted by Gasteiger charge is 2.43. The van der Waals surface area contributed by atoms with Crippen LogP contribution in [0.25, 0.3) is 32.7 Å². The monoisotopic (exact) mass is 946 g/mol. The molecule has 2 aliphatic rings. The lowest BCUT2D eigenvalue weighted by Crippen LogP contribution is -2.48.